The Hall–Kier alpha value is -1.14. The minimum absolute atomic E-state index is 0.0952. The molecule has 0 spiro atoms. The predicted octanol–water partition coefficient (Wildman–Crippen LogP) is -0.357. The van der Waals surface area contributed by atoms with Gasteiger partial charge in [-0.15, -0.1) is 0 Å². The van der Waals surface area contributed by atoms with Gasteiger partial charge >= 0.3 is 0 Å². The second-order valence-corrected chi connectivity index (χ2v) is 5.38. The molecule has 0 aliphatic rings. The molecule has 6 nitrogen and oxygen atoms in total. The fourth-order valence-electron chi connectivity index (χ4n) is 1.51. The zero-order chi connectivity index (χ0) is 15.0. The summed E-state index contributed by atoms with van der Waals surface area (Å²) >= 11 is 0. The first-order valence-electron chi connectivity index (χ1n) is 6.62. The number of hydrogen-bond donors (Lipinski definition) is 4. The van der Waals surface area contributed by atoms with Crippen molar-refractivity contribution in [2.24, 2.45) is 11.8 Å². The summed E-state index contributed by atoms with van der Waals surface area (Å²) in [5.74, 6) is -0.660. The highest BCUT2D eigenvalue weighted by atomic mass is 16.3. The molecule has 0 aromatic carbocycles. The molecule has 2 amide bonds. The zero-order valence-electron chi connectivity index (χ0n) is 12.1. The van der Waals surface area contributed by atoms with Crippen LogP contribution in [0, 0.1) is 11.8 Å². The standard InChI is InChI=1S/C13H26N2O4/c1-8(2)10(6-16)14-12(18)5-13(19)15-11(7-17)9(3)4/h8-11,16-17H,5-7H2,1-4H3,(H,14,18)(H,15,19)/t10-,11+. The van der Waals surface area contributed by atoms with Gasteiger partial charge in [-0.2, -0.15) is 0 Å². The van der Waals surface area contributed by atoms with Gasteiger partial charge in [0.25, 0.3) is 0 Å². The van der Waals surface area contributed by atoms with Crippen molar-refractivity contribution in [1.82, 2.24) is 10.6 Å². The average Bonchev–Trinajstić information content (AvgIpc) is 2.32. The Morgan fingerprint density at radius 3 is 1.37 bits per heavy atom. The van der Waals surface area contributed by atoms with E-state index in [0.717, 1.165) is 0 Å². The highest BCUT2D eigenvalue weighted by Gasteiger charge is 2.20. The van der Waals surface area contributed by atoms with Gasteiger partial charge in [-0.1, -0.05) is 27.7 Å². The number of aliphatic hydroxyl groups is 2. The Kier molecular flexibility index (Phi) is 8.34. The van der Waals surface area contributed by atoms with Crippen LogP contribution in [0.15, 0.2) is 0 Å². The number of nitrogens with one attached hydrogen (secondary N) is 2. The van der Waals surface area contributed by atoms with Crippen LogP contribution >= 0.6 is 0 Å². The summed E-state index contributed by atoms with van der Waals surface area (Å²) in [7, 11) is 0. The third-order valence-electron chi connectivity index (χ3n) is 3.02. The molecule has 0 bridgehead atoms. The molecule has 0 aliphatic carbocycles. The number of carbonyl (C=O) groups is 2. The van der Waals surface area contributed by atoms with Gasteiger partial charge in [0.15, 0.2) is 0 Å². The van der Waals surface area contributed by atoms with Crippen molar-refractivity contribution >= 4 is 11.8 Å². The minimum Gasteiger partial charge on any atom is -0.394 e. The molecule has 112 valence electrons. The zero-order valence-corrected chi connectivity index (χ0v) is 12.1. The first-order valence-corrected chi connectivity index (χ1v) is 6.62. The van der Waals surface area contributed by atoms with Gasteiger partial charge in [0.05, 0.1) is 25.3 Å². The monoisotopic (exact) mass is 274 g/mol. The molecule has 0 radical (unpaired) electrons. The van der Waals surface area contributed by atoms with Crippen molar-refractivity contribution in [3.63, 3.8) is 0 Å². The van der Waals surface area contributed by atoms with E-state index in [1.54, 1.807) is 0 Å². The Labute approximate surface area is 114 Å². The summed E-state index contributed by atoms with van der Waals surface area (Å²) in [5.41, 5.74) is 0. The predicted molar refractivity (Wildman–Crippen MR) is 72.3 cm³/mol. The van der Waals surface area contributed by atoms with Crippen LogP contribution in [0.5, 0.6) is 0 Å². The highest BCUT2D eigenvalue weighted by molar-refractivity contribution is 5.97. The molecule has 0 saturated carbocycles. The van der Waals surface area contributed by atoms with Crippen LogP contribution in [-0.2, 0) is 9.59 Å². The van der Waals surface area contributed by atoms with Gasteiger partial charge < -0.3 is 20.8 Å². The maximum absolute atomic E-state index is 11.6. The van der Waals surface area contributed by atoms with E-state index in [1.165, 1.54) is 0 Å². The largest absolute Gasteiger partial charge is 0.394 e. The van der Waals surface area contributed by atoms with E-state index in [1.807, 2.05) is 27.7 Å². The molecule has 4 N–H and O–H groups in total. The third-order valence-corrected chi connectivity index (χ3v) is 3.02. The first-order chi connectivity index (χ1) is 8.81. The van der Waals surface area contributed by atoms with Gasteiger partial charge in [-0.25, -0.2) is 0 Å². The molecule has 0 heterocycles. The Morgan fingerprint density at radius 2 is 1.16 bits per heavy atom. The SMILES string of the molecule is CC(C)[C@H](CO)NC(=O)CC(=O)N[C@H](CO)C(C)C. The molecule has 0 aromatic heterocycles. The van der Waals surface area contributed by atoms with Crippen molar-refractivity contribution in [3.8, 4) is 0 Å². The molecule has 0 aliphatic heterocycles. The van der Waals surface area contributed by atoms with Gasteiger partial charge in [0.1, 0.15) is 6.42 Å². The minimum atomic E-state index is -0.425. The molecular weight excluding hydrogens is 248 g/mol. The first kappa shape index (κ1) is 17.9. The summed E-state index contributed by atoms with van der Waals surface area (Å²) in [6, 6.07) is -0.696. The summed E-state index contributed by atoms with van der Waals surface area (Å²) < 4.78 is 0. The second-order valence-electron chi connectivity index (χ2n) is 5.38. The Balaban J connectivity index is 4.22. The summed E-state index contributed by atoms with van der Waals surface area (Å²) in [6.45, 7) is 7.19. The van der Waals surface area contributed by atoms with E-state index in [-0.39, 0.29) is 43.6 Å². The smallest absolute Gasteiger partial charge is 0.229 e. The van der Waals surface area contributed by atoms with Crippen molar-refractivity contribution in [1.29, 1.82) is 0 Å². The summed E-state index contributed by atoms with van der Waals surface area (Å²) in [5, 5.41) is 23.4. The van der Waals surface area contributed by atoms with E-state index < -0.39 is 11.8 Å². The van der Waals surface area contributed by atoms with Gasteiger partial charge in [-0.3, -0.25) is 9.59 Å². The number of amides is 2. The maximum atomic E-state index is 11.6. The Bertz CT molecular complexity index is 264. The van der Waals surface area contributed by atoms with Crippen molar-refractivity contribution in [3.05, 3.63) is 0 Å². The second kappa shape index (κ2) is 8.87. The van der Waals surface area contributed by atoms with Crippen molar-refractivity contribution < 1.29 is 19.8 Å². The molecule has 6 heteroatoms. The van der Waals surface area contributed by atoms with Gasteiger partial charge in [-0.05, 0) is 11.8 Å². The Morgan fingerprint density at radius 1 is 0.842 bits per heavy atom. The number of hydrogen-bond acceptors (Lipinski definition) is 4. The van der Waals surface area contributed by atoms with E-state index in [0.29, 0.717) is 0 Å². The van der Waals surface area contributed by atoms with E-state index in [9.17, 15) is 9.59 Å². The number of carbonyl (C=O) groups excluding carboxylic acids is 2. The lowest BCUT2D eigenvalue weighted by molar-refractivity contribution is -0.130. The van der Waals surface area contributed by atoms with Crippen LogP contribution in [0.3, 0.4) is 0 Å². The lowest BCUT2D eigenvalue weighted by Gasteiger charge is -2.21. The highest BCUT2D eigenvalue weighted by Crippen LogP contribution is 2.02. The van der Waals surface area contributed by atoms with Crippen LogP contribution in [0.25, 0.3) is 0 Å². The molecule has 0 rings (SSSR count). The van der Waals surface area contributed by atoms with Crippen LogP contribution in [0.2, 0.25) is 0 Å². The van der Waals surface area contributed by atoms with Gasteiger partial charge in [0, 0.05) is 0 Å². The van der Waals surface area contributed by atoms with Crippen LogP contribution in [-0.4, -0.2) is 47.3 Å². The van der Waals surface area contributed by atoms with Crippen LogP contribution in [0.1, 0.15) is 34.1 Å². The van der Waals surface area contributed by atoms with E-state index >= 15 is 0 Å². The van der Waals surface area contributed by atoms with E-state index in [4.69, 9.17) is 10.2 Å². The molecule has 0 aromatic rings. The summed E-state index contributed by atoms with van der Waals surface area (Å²) in [4.78, 5) is 23.2. The van der Waals surface area contributed by atoms with Crippen LogP contribution < -0.4 is 10.6 Å². The van der Waals surface area contributed by atoms with Crippen LogP contribution in [0.4, 0.5) is 0 Å². The van der Waals surface area contributed by atoms with E-state index in [2.05, 4.69) is 10.6 Å². The fourth-order valence-corrected chi connectivity index (χ4v) is 1.51. The lowest BCUT2D eigenvalue weighted by Crippen LogP contribution is -2.46. The maximum Gasteiger partial charge on any atom is 0.229 e. The molecule has 2 atom stereocenters. The van der Waals surface area contributed by atoms with Crippen molar-refractivity contribution in [2.75, 3.05) is 13.2 Å². The number of aliphatic hydroxyl groups excluding tert-OH is 2. The summed E-state index contributed by atoms with van der Waals surface area (Å²) in [6.07, 6.45) is -0.299. The molecule has 0 unspecified atom stereocenters. The lowest BCUT2D eigenvalue weighted by atomic mass is 10.0. The van der Waals surface area contributed by atoms with Gasteiger partial charge in [0.2, 0.25) is 11.8 Å². The molecular formula is C13H26N2O4. The quantitative estimate of drug-likeness (QED) is 0.454. The van der Waals surface area contributed by atoms with Crippen molar-refractivity contribution in [2.45, 2.75) is 46.2 Å². The topological polar surface area (TPSA) is 98.7 Å². The number of rotatable bonds is 8. The molecule has 0 saturated heterocycles. The fraction of sp³-hybridized carbons (Fsp3) is 0.846. The third kappa shape index (κ3) is 7.12. The molecule has 19 heavy (non-hydrogen) atoms. The normalized spacial score (nSPS) is 14.3. The molecule has 0 fully saturated rings. The average molecular weight is 274 g/mol.